The Kier molecular flexibility index (Phi) is 8.71. The van der Waals surface area contributed by atoms with Crippen molar-refractivity contribution < 1.29 is 23.8 Å². The summed E-state index contributed by atoms with van der Waals surface area (Å²) in [5, 5.41) is 21.9. The minimum absolute atomic E-state index is 0.0323. The molecule has 1 aromatic heterocycles. The van der Waals surface area contributed by atoms with Crippen molar-refractivity contribution in [3.05, 3.63) is 59.0 Å². The molecule has 0 aliphatic heterocycles. The minimum atomic E-state index is -0.309. The first kappa shape index (κ1) is 24.1. The zero-order valence-electron chi connectivity index (χ0n) is 18.7. The van der Waals surface area contributed by atoms with Crippen molar-refractivity contribution in [2.75, 3.05) is 20.0 Å². The average molecular weight is 471 g/mol. The van der Waals surface area contributed by atoms with Crippen LogP contribution in [0, 0.1) is 6.92 Å². The van der Waals surface area contributed by atoms with Crippen molar-refractivity contribution in [2.45, 2.75) is 31.4 Å². The quantitative estimate of drug-likeness (QED) is 0.248. The second-order valence-corrected chi connectivity index (χ2v) is 8.06. The number of phenolic OH excluding ortho intramolecular Hbond substituents is 1. The third-order valence-electron chi connectivity index (χ3n) is 4.70. The number of phenols is 1. The van der Waals surface area contributed by atoms with E-state index in [0.29, 0.717) is 28.8 Å². The Morgan fingerprint density at radius 3 is 2.73 bits per heavy atom. The number of thioether (sulfide) groups is 1. The molecule has 9 nitrogen and oxygen atoms in total. The van der Waals surface area contributed by atoms with Crippen molar-refractivity contribution in [3.63, 3.8) is 0 Å². The predicted molar refractivity (Wildman–Crippen MR) is 125 cm³/mol. The first-order valence-electron chi connectivity index (χ1n) is 10.3. The van der Waals surface area contributed by atoms with Crippen LogP contribution in [0.2, 0.25) is 0 Å². The number of nitrogens with one attached hydrogen (secondary N) is 1. The highest BCUT2D eigenvalue weighted by atomic mass is 32.2. The van der Waals surface area contributed by atoms with E-state index in [2.05, 4.69) is 32.9 Å². The SMILES string of the molecule is COc1ccc(CCCc2nnc(SCC(=O)N/N=C\c3ccc(O)c(OC)c3)o2)cc1C. The Bertz CT molecular complexity index is 1120. The number of hydrogen-bond acceptors (Lipinski definition) is 9. The summed E-state index contributed by atoms with van der Waals surface area (Å²) >= 11 is 1.15. The molecule has 33 heavy (non-hydrogen) atoms. The van der Waals surface area contributed by atoms with Crippen molar-refractivity contribution in [1.82, 2.24) is 15.6 Å². The number of amides is 1. The van der Waals surface area contributed by atoms with Crippen LogP contribution in [0.25, 0.3) is 0 Å². The highest BCUT2D eigenvalue weighted by molar-refractivity contribution is 7.99. The second kappa shape index (κ2) is 11.9. The summed E-state index contributed by atoms with van der Waals surface area (Å²) in [6, 6.07) is 10.9. The monoisotopic (exact) mass is 470 g/mol. The van der Waals surface area contributed by atoms with Crippen LogP contribution in [0.1, 0.15) is 29.0 Å². The molecule has 0 radical (unpaired) electrons. The number of ether oxygens (including phenoxy) is 2. The molecular formula is C23H26N4O5S. The van der Waals surface area contributed by atoms with E-state index in [1.165, 1.54) is 25.0 Å². The molecular weight excluding hydrogens is 444 g/mol. The molecule has 2 N–H and O–H groups in total. The minimum Gasteiger partial charge on any atom is -0.504 e. The normalized spacial score (nSPS) is 11.0. The molecule has 3 aromatic rings. The Morgan fingerprint density at radius 1 is 1.15 bits per heavy atom. The molecule has 0 saturated heterocycles. The summed E-state index contributed by atoms with van der Waals surface area (Å²) in [5.74, 6) is 1.56. The Balaban J connectivity index is 1.39. The van der Waals surface area contributed by atoms with Crippen molar-refractivity contribution in [2.24, 2.45) is 5.10 Å². The summed E-state index contributed by atoms with van der Waals surface area (Å²) in [6.07, 6.45) is 3.88. The average Bonchev–Trinajstić information content (AvgIpc) is 3.26. The van der Waals surface area contributed by atoms with Crippen LogP contribution in [0.15, 0.2) is 51.1 Å². The Morgan fingerprint density at radius 2 is 1.97 bits per heavy atom. The van der Waals surface area contributed by atoms with Crippen molar-refractivity contribution >= 4 is 23.9 Å². The van der Waals surface area contributed by atoms with Crippen LogP contribution in [-0.2, 0) is 17.6 Å². The molecule has 0 fully saturated rings. The molecule has 10 heteroatoms. The van der Waals surface area contributed by atoms with Gasteiger partial charge in [-0.05, 0) is 60.7 Å². The van der Waals surface area contributed by atoms with Crippen molar-refractivity contribution in [1.29, 1.82) is 0 Å². The van der Waals surface area contributed by atoms with E-state index in [1.807, 2.05) is 13.0 Å². The fourth-order valence-electron chi connectivity index (χ4n) is 3.05. The van der Waals surface area contributed by atoms with Crippen LogP contribution in [0.5, 0.6) is 17.2 Å². The van der Waals surface area contributed by atoms with Gasteiger partial charge < -0.3 is 19.0 Å². The van der Waals surface area contributed by atoms with Crippen LogP contribution >= 0.6 is 11.8 Å². The summed E-state index contributed by atoms with van der Waals surface area (Å²) in [4.78, 5) is 12.0. The van der Waals surface area contributed by atoms with Gasteiger partial charge in [0.1, 0.15) is 5.75 Å². The highest BCUT2D eigenvalue weighted by Crippen LogP contribution is 2.25. The van der Waals surface area contributed by atoms with Gasteiger partial charge in [-0.15, -0.1) is 10.2 Å². The molecule has 0 bridgehead atoms. The topological polar surface area (TPSA) is 119 Å². The maximum atomic E-state index is 12.0. The lowest BCUT2D eigenvalue weighted by molar-refractivity contribution is -0.118. The molecule has 1 amide bonds. The maximum Gasteiger partial charge on any atom is 0.277 e. The molecule has 0 atom stereocenters. The molecule has 0 spiro atoms. The molecule has 174 valence electrons. The Labute approximate surface area is 196 Å². The van der Waals surface area contributed by atoms with Crippen molar-refractivity contribution in [3.8, 4) is 17.2 Å². The van der Waals surface area contributed by atoms with E-state index in [4.69, 9.17) is 13.9 Å². The number of rotatable bonds is 11. The summed E-state index contributed by atoms with van der Waals surface area (Å²) in [6.45, 7) is 2.02. The summed E-state index contributed by atoms with van der Waals surface area (Å²) in [7, 11) is 3.12. The molecule has 0 saturated carbocycles. The number of hydrogen-bond donors (Lipinski definition) is 2. The number of carbonyl (C=O) groups is 1. The smallest absolute Gasteiger partial charge is 0.277 e. The number of aryl methyl sites for hydroxylation is 3. The molecule has 0 unspecified atom stereocenters. The lowest BCUT2D eigenvalue weighted by atomic mass is 10.1. The van der Waals surface area contributed by atoms with E-state index in [1.54, 1.807) is 19.2 Å². The second-order valence-electron chi connectivity index (χ2n) is 7.13. The van der Waals surface area contributed by atoms with E-state index < -0.39 is 0 Å². The van der Waals surface area contributed by atoms with E-state index in [0.717, 1.165) is 35.9 Å². The highest BCUT2D eigenvalue weighted by Gasteiger charge is 2.10. The van der Waals surface area contributed by atoms with Gasteiger partial charge >= 0.3 is 0 Å². The van der Waals surface area contributed by atoms with Crippen LogP contribution in [0.4, 0.5) is 0 Å². The summed E-state index contributed by atoms with van der Waals surface area (Å²) < 4.78 is 15.9. The lowest BCUT2D eigenvalue weighted by Crippen LogP contribution is -2.19. The van der Waals surface area contributed by atoms with E-state index in [-0.39, 0.29) is 17.4 Å². The van der Waals surface area contributed by atoms with E-state index >= 15 is 0 Å². The van der Waals surface area contributed by atoms with Gasteiger partial charge in [0.25, 0.3) is 11.1 Å². The van der Waals surface area contributed by atoms with Gasteiger partial charge in [0.05, 0.1) is 26.2 Å². The number of nitrogens with zero attached hydrogens (tertiary/aromatic N) is 3. The maximum absolute atomic E-state index is 12.0. The number of hydrazone groups is 1. The fraction of sp³-hybridized carbons (Fsp3) is 0.304. The first-order chi connectivity index (χ1) is 16.0. The fourth-order valence-corrected chi connectivity index (χ4v) is 3.62. The molecule has 0 aliphatic carbocycles. The van der Waals surface area contributed by atoms with Gasteiger partial charge in [0, 0.05) is 6.42 Å². The van der Waals surface area contributed by atoms with Gasteiger partial charge in [-0.2, -0.15) is 5.10 Å². The molecule has 2 aromatic carbocycles. The Hall–Kier alpha value is -3.53. The summed E-state index contributed by atoms with van der Waals surface area (Å²) in [5.41, 5.74) is 5.44. The number of aromatic nitrogens is 2. The zero-order valence-corrected chi connectivity index (χ0v) is 19.5. The predicted octanol–water partition coefficient (Wildman–Crippen LogP) is 3.52. The molecule has 3 rings (SSSR count). The van der Waals surface area contributed by atoms with Crippen LogP contribution < -0.4 is 14.9 Å². The van der Waals surface area contributed by atoms with Gasteiger partial charge in [0.15, 0.2) is 11.5 Å². The van der Waals surface area contributed by atoms with Gasteiger partial charge in [-0.1, -0.05) is 23.9 Å². The van der Waals surface area contributed by atoms with Crippen LogP contribution in [0.3, 0.4) is 0 Å². The third-order valence-corrected chi connectivity index (χ3v) is 5.52. The van der Waals surface area contributed by atoms with Gasteiger partial charge in [-0.3, -0.25) is 4.79 Å². The first-order valence-corrected chi connectivity index (χ1v) is 11.2. The van der Waals surface area contributed by atoms with Gasteiger partial charge in [-0.25, -0.2) is 5.43 Å². The standard InChI is InChI=1S/C23H26N4O5S/c1-15-11-16(8-10-19(15)30-2)5-4-6-22-26-27-23(32-22)33-14-21(29)25-24-13-17-7-9-18(28)20(12-17)31-3/h7-13,28H,4-6,14H2,1-3H3,(H,25,29)/b24-13-. The largest absolute Gasteiger partial charge is 0.504 e. The number of aromatic hydroxyl groups is 1. The zero-order chi connectivity index (χ0) is 23.6. The lowest BCUT2D eigenvalue weighted by Gasteiger charge is -2.06. The number of methoxy groups -OCH3 is 2. The number of benzene rings is 2. The van der Waals surface area contributed by atoms with E-state index in [9.17, 15) is 9.90 Å². The molecule has 1 heterocycles. The van der Waals surface area contributed by atoms with Gasteiger partial charge in [0.2, 0.25) is 5.89 Å². The number of carbonyl (C=O) groups excluding carboxylic acids is 1. The third kappa shape index (κ3) is 7.25. The molecule has 0 aliphatic rings. The van der Waals surface area contributed by atoms with Crippen LogP contribution in [-0.4, -0.2) is 47.4 Å².